The first-order valence-corrected chi connectivity index (χ1v) is 6.57. The summed E-state index contributed by atoms with van der Waals surface area (Å²) in [7, 11) is 3.44. The average molecular weight is 277 g/mol. The van der Waals surface area contributed by atoms with E-state index >= 15 is 0 Å². The van der Waals surface area contributed by atoms with Crippen LogP contribution in [0.3, 0.4) is 0 Å². The Morgan fingerprint density at radius 2 is 2.20 bits per heavy atom. The quantitative estimate of drug-likeness (QED) is 0.913. The molecule has 0 spiro atoms. The molecule has 0 fully saturated rings. The van der Waals surface area contributed by atoms with Crippen LogP contribution >= 0.6 is 0 Å². The van der Waals surface area contributed by atoms with Gasteiger partial charge in [-0.15, -0.1) is 0 Å². The van der Waals surface area contributed by atoms with Crippen molar-refractivity contribution in [2.75, 3.05) is 7.11 Å². The SMILES string of the molecule is COc1ccc([C@@H](C)NCc2cnn(C)c2C)c(F)c1. The molecular weight excluding hydrogens is 257 g/mol. The van der Waals surface area contributed by atoms with Crippen LogP contribution in [0.2, 0.25) is 0 Å². The first-order valence-electron chi connectivity index (χ1n) is 6.57. The van der Waals surface area contributed by atoms with Crippen molar-refractivity contribution in [2.24, 2.45) is 7.05 Å². The minimum absolute atomic E-state index is 0.0829. The van der Waals surface area contributed by atoms with Gasteiger partial charge in [-0.2, -0.15) is 5.10 Å². The first-order chi connectivity index (χ1) is 9.52. The fourth-order valence-electron chi connectivity index (χ4n) is 2.08. The smallest absolute Gasteiger partial charge is 0.131 e. The fraction of sp³-hybridized carbons (Fsp3) is 0.400. The summed E-state index contributed by atoms with van der Waals surface area (Å²) in [4.78, 5) is 0. The highest BCUT2D eigenvalue weighted by molar-refractivity contribution is 5.30. The van der Waals surface area contributed by atoms with E-state index in [9.17, 15) is 4.39 Å². The van der Waals surface area contributed by atoms with Gasteiger partial charge in [0.15, 0.2) is 0 Å². The molecule has 0 aliphatic carbocycles. The summed E-state index contributed by atoms with van der Waals surface area (Å²) in [6.07, 6.45) is 1.83. The van der Waals surface area contributed by atoms with Gasteiger partial charge in [-0.1, -0.05) is 6.07 Å². The Labute approximate surface area is 118 Å². The van der Waals surface area contributed by atoms with Crippen molar-refractivity contribution in [1.82, 2.24) is 15.1 Å². The Balaban J connectivity index is 2.05. The van der Waals surface area contributed by atoms with Crippen LogP contribution in [-0.2, 0) is 13.6 Å². The second-order valence-electron chi connectivity index (χ2n) is 4.87. The summed E-state index contributed by atoms with van der Waals surface area (Å²) < 4.78 is 20.8. The van der Waals surface area contributed by atoms with Gasteiger partial charge in [0.05, 0.1) is 13.3 Å². The van der Waals surface area contributed by atoms with Crippen LogP contribution in [0.15, 0.2) is 24.4 Å². The maximum atomic E-state index is 14.0. The maximum absolute atomic E-state index is 14.0. The van der Waals surface area contributed by atoms with Crippen molar-refractivity contribution in [3.8, 4) is 5.75 Å². The van der Waals surface area contributed by atoms with Crippen LogP contribution in [0.1, 0.15) is 29.8 Å². The molecule has 0 radical (unpaired) electrons. The molecule has 1 atom stereocenters. The predicted octanol–water partition coefficient (Wildman–Crippen LogP) is 2.73. The first kappa shape index (κ1) is 14.5. The average Bonchev–Trinajstić information content (AvgIpc) is 2.76. The molecule has 1 aromatic heterocycles. The van der Waals surface area contributed by atoms with E-state index in [4.69, 9.17) is 4.74 Å². The number of ether oxygens (including phenoxy) is 1. The van der Waals surface area contributed by atoms with Crippen molar-refractivity contribution in [2.45, 2.75) is 26.4 Å². The lowest BCUT2D eigenvalue weighted by Crippen LogP contribution is -2.19. The molecule has 0 saturated carbocycles. The number of hydrogen-bond donors (Lipinski definition) is 1. The molecule has 1 heterocycles. The molecule has 4 nitrogen and oxygen atoms in total. The highest BCUT2D eigenvalue weighted by atomic mass is 19.1. The summed E-state index contributed by atoms with van der Waals surface area (Å²) in [6, 6.07) is 4.84. The Morgan fingerprint density at radius 1 is 1.45 bits per heavy atom. The number of halogens is 1. The Hall–Kier alpha value is -1.88. The summed E-state index contributed by atoms with van der Waals surface area (Å²) in [5.41, 5.74) is 2.86. The van der Waals surface area contributed by atoms with Gasteiger partial charge in [-0.3, -0.25) is 4.68 Å². The highest BCUT2D eigenvalue weighted by Gasteiger charge is 2.12. The molecule has 5 heteroatoms. The van der Waals surface area contributed by atoms with E-state index < -0.39 is 0 Å². The largest absolute Gasteiger partial charge is 0.497 e. The van der Waals surface area contributed by atoms with Crippen molar-refractivity contribution in [3.05, 3.63) is 47.0 Å². The summed E-state index contributed by atoms with van der Waals surface area (Å²) in [5, 5.41) is 7.51. The third kappa shape index (κ3) is 2.99. The molecule has 0 bridgehead atoms. The van der Waals surface area contributed by atoms with Gasteiger partial charge in [-0.05, 0) is 19.9 Å². The number of rotatable bonds is 5. The number of nitrogens with zero attached hydrogens (tertiary/aromatic N) is 2. The van der Waals surface area contributed by atoms with Gasteiger partial charge >= 0.3 is 0 Å². The van der Waals surface area contributed by atoms with Crippen LogP contribution in [0.25, 0.3) is 0 Å². The zero-order valence-electron chi connectivity index (χ0n) is 12.3. The molecule has 0 aliphatic heterocycles. The van der Waals surface area contributed by atoms with Gasteiger partial charge in [0.1, 0.15) is 11.6 Å². The monoisotopic (exact) mass is 277 g/mol. The Kier molecular flexibility index (Phi) is 4.39. The molecule has 2 aromatic rings. The van der Waals surface area contributed by atoms with E-state index in [2.05, 4.69) is 10.4 Å². The normalized spacial score (nSPS) is 12.4. The molecule has 0 amide bonds. The van der Waals surface area contributed by atoms with Gasteiger partial charge < -0.3 is 10.1 Å². The van der Waals surface area contributed by atoms with E-state index in [0.29, 0.717) is 17.9 Å². The predicted molar refractivity (Wildman–Crippen MR) is 76.2 cm³/mol. The molecule has 20 heavy (non-hydrogen) atoms. The topological polar surface area (TPSA) is 39.1 Å². The number of benzene rings is 1. The minimum atomic E-state index is -0.257. The van der Waals surface area contributed by atoms with Crippen molar-refractivity contribution >= 4 is 0 Å². The molecule has 1 N–H and O–H groups in total. The number of methoxy groups -OCH3 is 1. The summed E-state index contributed by atoms with van der Waals surface area (Å²) in [6.45, 7) is 4.62. The van der Waals surface area contributed by atoms with Crippen LogP contribution < -0.4 is 10.1 Å². The van der Waals surface area contributed by atoms with Crippen LogP contribution in [0.5, 0.6) is 5.75 Å². The molecule has 0 aliphatic rings. The van der Waals surface area contributed by atoms with Crippen molar-refractivity contribution in [3.63, 3.8) is 0 Å². The highest BCUT2D eigenvalue weighted by Crippen LogP contribution is 2.22. The van der Waals surface area contributed by atoms with E-state index in [0.717, 1.165) is 11.3 Å². The second-order valence-corrected chi connectivity index (χ2v) is 4.87. The van der Waals surface area contributed by atoms with E-state index in [1.807, 2.05) is 31.8 Å². The number of hydrogen-bond acceptors (Lipinski definition) is 3. The third-order valence-corrected chi connectivity index (χ3v) is 3.61. The van der Waals surface area contributed by atoms with Crippen LogP contribution in [-0.4, -0.2) is 16.9 Å². The van der Waals surface area contributed by atoms with Crippen LogP contribution in [0.4, 0.5) is 4.39 Å². The van der Waals surface area contributed by atoms with Gasteiger partial charge in [0.25, 0.3) is 0 Å². The zero-order chi connectivity index (χ0) is 14.7. The lowest BCUT2D eigenvalue weighted by Gasteiger charge is -2.15. The number of aromatic nitrogens is 2. The van der Waals surface area contributed by atoms with E-state index in [1.54, 1.807) is 12.1 Å². The van der Waals surface area contributed by atoms with Gasteiger partial charge in [-0.25, -0.2) is 4.39 Å². The molecule has 2 rings (SSSR count). The van der Waals surface area contributed by atoms with Crippen molar-refractivity contribution in [1.29, 1.82) is 0 Å². The maximum Gasteiger partial charge on any atom is 0.131 e. The summed E-state index contributed by atoms with van der Waals surface area (Å²) >= 11 is 0. The summed E-state index contributed by atoms with van der Waals surface area (Å²) in [5.74, 6) is 0.272. The molecule has 0 unspecified atom stereocenters. The second kappa shape index (κ2) is 6.05. The standard InChI is InChI=1S/C15H20FN3O/c1-10(14-6-5-13(20-4)7-15(14)16)17-8-12-9-18-19(3)11(12)2/h5-7,9-10,17H,8H2,1-4H3/t10-/m1/s1. The molecule has 108 valence electrons. The number of aryl methyl sites for hydroxylation is 1. The third-order valence-electron chi connectivity index (χ3n) is 3.61. The Morgan fingerprint density at radius 3 is 2.75 bits per heavy atom. The van der Waals surface area contributed by atoms with E-state index in [-0.39, 0.29) is 11.9 Å². The zero-order valence-corrected chi connectivity index (χ0v) is 12.3. The van der Waals surface area contributed by atoms with Gasteiger partial charge in [0, 0.05) is 42.5 Å². The lowest BCUT2D eigenvalue weighted by molar-refractivity contribution is 0.409. The lowest BCUT2D eigenvalue weighted by atomic mass is 10.1. The number of nitrogens with one attached hydrogen (secondary N) is 1. The molecule has 0 saturated heterocycles. The fourth-order valence-corrected chi connectivity index (χ4v) is 2.08. The van der Waals surface area contributed by atoms with Crippen molar-refractivity contribution < 1.29 is 9.13 Å². The molecule has 1 aromatic carbocycles. The molecular formula is C15H20FN3O. The Bertz CT molecular complexity index is 595. The minimum Gasteiger partial charge on any atom is -0.497 e. The van der Waals surface area contributed by atoms with Crippen LogP contribution in [0, 0.1) is 12.7 Å². The van der Waals surface area contributed by atoms with E-state index in [1.165, 1.54) is 13.2 Å². The van der Waals surface area contributed by atoms with Gasteiger partial charge in [0.2, 0.25) is 0 Å².